The number of benzene rings is 2. The number of thioether (sulfide) groups is 1. The summed E-state index contributed by atoms with van der Waals surface area (Å²) in [5.41, 5.74) is 0.969. The lowest BCUT2D eigenvalue weighted by molar-refractivity contribution is -0.137. The lowest BCUT2D eigenvalue weighted by Crippen LogP contribution is -2.21. The third-order valence-electron chi connectivity index (χ3n) is 5.18. The van der Waals surface area contributed by atoms with Crippen molar-refractivity contribution in [3.05, 3.63) is 65.7 Å². The molecule has 0 aliphatic carbocycles. The zero-order valence-electron chi connectivity index (χ0n) is 19.3. The van der Waals surface area contributed by atoms with Gasteiger partial charge in [0.2, 0.25) is 5.91 Å². The minimum Gasteiger partial charge on any atom is -0.372 e. The lowest BCUT2D eigenvalue weighted by atomic mass is 10.2. The van der Waals surface area contributed by atoms with Crippen molar-refractivity contribution in [1.82, 2.24) is 14.8 Å². The molecule has 0 bridgehead atoms. The van der Waals surface area contributed by atoms with Crippen molar-refractivity contribution in [1.29, 1.82) is 0 Å². The molecule has 3 aromatic rings. The van der Waals surface area contributed by atoms with E-state index in [9.17, 15) is 18.0 Å². The second kappa shape index (κ2) is 11.6. The van der Waals surface area contributed by atoms with Crippen molar-refractivity contribution in [2.45, 2.75) is 31.7 Å². The van der Waals surface area contributed by atoms with Gasteiger partial charge in [0.25, 0.3) is 0 Å². The number of alkyl halides is 3. The van der Waals surface area contributed by atoms with Crippen LogP contribution in [0.15, 0.2) is 60.3 Å². The molecule has 1 amide bonds. The number of nitrogens with one attached hydrogen (secondary N) is 1. The van der Waals surface area contributed by atoms with Gasteiger partial charge in [-0.25, -0.2) is 0 Å². The van der Waals surface area contributed by atoms with Crippen molar-refractivity contribution in [2.75, 3.05) is 29.1 Å². The third-order valence-corrected chi connectivity index (χ3v) is 6.48. The van der Waals surface area contributed by atoms with Crippen LogP contribution < -0.4 is 10.2 Å². The number of aromatic nitrogens is 3. The highest BCUT2D eigenvalue weighted by Gasteiger charge is 2.31. The van der Waals surface area contributed by atoms with Crippen molar-refractivity contribution in [2.24, 2.45) is 0 Å². The van der Waals surface area contributed by atoms with Crippen molar-refractivity contribution < 1.29 is 18.0 Å². The number of rotatable bonds is 10. The molecule has 6 nitrogen and oxygen atoms in total. The zero-order chi connectivity index (χ0) is 25.6. The summed E-state index contributed by atoms with van der Waals surface area (Å²) in [6, 6.07) is 10.8. The molecule has 2 aromatic carbocycles. The van der Waals surface area contributed by atoms with Gasteiger partial charge in [-0.15, -0.1) is 16.8 Å². The summed E-state index contributed by atoms with van der Waals surface area (Å²) in [4.78, 5) is 14.7. The summed E-state index contributed by atoms with van der Waals surface area (Å²) in [5.74, 6) is 0.0114. The second-order valence-corrected chi connectivity index (χ2v) is 8.80. The summed E-state index contributed by atoms with van der Waals surface area (Å²) < 4.78 is 40.8. The molecular formula is C24H25ClF3N5OS. The average molecular weight is 524 g/mol. The van der Waals surface area contributed by atoms with Crippen molar-refractivity contribution in [3.63, 3.8) is 0 Å². The molecule has 1 heterocycles. The molecule has 0 radical (unpaired) electrons. The van der Waals surface area contributed by atoms with E-state index in [0.717, 1.165) is 54.3 Å². The number of hydrogen-bond donors (Lipinski definition) is 1. The minimum atomic E-state index is -4.54. The van der Waals surface area contributed by atoms with E-state index in [1.807, 2.05) is 28.8 Å². The maximum atomic E-state index is 13.0. The topological polar surface area (TPSA) is 63.1 Å². The molecule has 0 saturated carbocycles. The van der Waals surface area contributed by atoms with Gasteiger partial charge in [-0.2, -0.15) is 13.2 Å². The van der Waals surface area contributed by atoms with E-state index >= 15 is 0 Å². The van der Waals surface area contributed by atoms with Gasteiger partial charge in [0.1, 0.15) is 0 Å². The van der Waals surface area contributed by atoms with Crippen LogP contribution in [0, 0.1) is 0 Å². The lowest BCUT2D eigenvalue weighted by Gasteiger charge is -2.21. The molecule has 1 aromatic heterocycles. The van der Waals surface area contributed by atoms with Gasteiger partial charge in [0.15, 0.2) is 11.0 Å². The molecule has 35 heavy (non-hydrogen) atoms. The first-order valence-electron chi connectivity index (χ1n) is 10.9. The SMILES string of the molecule is C=CCn1c(SCC(=O)Nc2cc(C(F)(F)F)ccc2Cl)nnc1-c1ccc(N(CC)CC)cc1. The number of carbonyl (C=O) groups excluding carboxylic acids is 1. The van der Waals surface area contributed by atoms with Gasteiger partial charge < -0.3 is 10.2 Å². The third kappa shape index (κ3) is 6.58. The highest BCUT2D eigenvalue weighted by molar-refractivity contribution is 7.99. The standard InChI is InChI=1S/C24H25ClF3N5OS/c1-4-13-33-22(16-7-10-18(11-8-16)32(5-2)6-3)30-31-23(33)35-15-21(34)29-20-14-17(24(26,27)28)9-12-19(20)25/h4,7-12,14H,1,5-6,13,15H2,2-3H3,(H,29,34). The first-order valence-corrected chi connectivity index (χ1v) is 12.2. The van der Waals surface area contributed by atoms with E-state index in [4.69, 9.17) is 11.6 Å². The van der Waals surface area contributed by atoms with E-state index in [2.05, 4.69) is 40.8 Å². The number of amides is 1. The Hall–Kier alpha value is -2.98. The second-order valence-electron chi connectivity index (χ2n) is 7.45. The molecule has 0 aliphatic heterocycles. The predicted octanol–water partition coefficient (Wildman–Crippen LogP) is 6.38. The Morgan fingerprint density at radius 2 is 1.86 bits per heavy atom. The Bertz CT molecular complexity index is 1180. The number of hydrogen-bond acceptors (Lipinski definition) is 5. The molecular weight excluding hydrogens is 499 g/mol. The van der Waals surface area contributed by atoms with E-state index in [-0.39, 0.29) is 16.5 Å². The number of nitrogens with zero attached hydrogens (tertiary/aromatic N) is 4. The maximum absolute atomic E-state index is 13.0. The quantitative estimate of drug-likeness (QED) is 0.247. The van der Waals surface area contributed by atoms with Crippen LogP contribution in [-0.2, 0) is 17.5 Å². The summed E-state index contributed by atoms with van der Waals surface area (Å²) in [6.45, 7) is 10.2. The fourth-order valence-electron chi connectivity index (χ4n) is 3.43. The maximum Gasteiger partial charge on any atom is 0.416 e. The summed E-state index contributed by atoms with van der Waals surface area (Å²) in [7, 11) is 0. The van der Waals surface area contributed by atoms with Gasteiger partial charge in [-0.1, -0.05) is 29.4 Å². The Labute approximate surface area is 211 Å². The fraction of sp³-hybridized carbons (Fsp3) is 0.292. The highest BCUT2D eigenvalue weighted by Crippen LogP contribution is 2.34. The Kier molecular flexibility index (Phi) is 8.85. The molecule has 1 N–H and O–H groups in total. The number of carbonyl (C=O) groups is 1. The smallest absolute Gasteiger partial charge is 0.372 e. The van der Waals surface area contributed by atoms with Gasteiger partial charge in [-0.3, -0.25) is 9.36 Å². The first-order chi connectivity index (χ1) is 16.7. The van der Waals surface area contributed by atoms with Crippen LogP contribution in [0.2, 0.25) is 5.02 Å². The highest BCUT2D eigenvalue weighted by atomic mass is 35.5. The fourth-order valence-corrected chi connectivity index (χ4v) is 4.34. The van der Waals surface area contributed by atoms with Crippen LogP contribution in [0.25, 0.3) is 11.4 Å². The predicted molar refractivity (Wildman–Crippen MR) is 135 cm³/mol. The van der Waals surface area contributed by atoms with E-state index in [0.29, 0.717) is 17.5 Å². The molecule has 0 fully saturated rings. The molecule has 0 spiro atoms. The molecule has 0 unspecified atom stereocenters. The summed E-state index contributed by atoms with van der Waals surface area (Å²) in [5, 5.41) is 11.4. The van der Waals surface area contributed by atoms with Gasteiger partial charge >= 0.3 is 6.18 Å². The molecule has 11 heteroatoms. The number of allylic oxidation sites excluding steroid dienone is 1. The van der Waals surface area contributed by atoms with Gasteiger partial charge in [-0.05, 0) is 56.3 Å². The van der Waals surface area contributed by atoms with Gasteiger partial charge in [0, 0.05) is 30.9 Å². The van der Waals surface area contributed by atoms with Crippen LogP contribution in [-0.4, -0.2) is 39.5 Å². The van der Waals surface area contributed by atoms with E-state index in [1.165, 1.54) is 0 Å². The monoisotopic (exact) mass is 523 g/mol. The van der Waals surface area contributed by atoms with Crippen LogP contribution in [0.5, 0.6) is 0 Å². The molecule has 186 valence electrons. The number of anilines is 2. The van der Waals surface area contributed by atoms with E-state index < -0.39 is 17.6 Å². The molecule has 0 atom stereocenters. The summed E-state index contributed by atoms with van der Waals surface area (Å²) in [6.07, 6.45) is -2.84. The van der Waals surface area contributed by atoms with E-state index in [1.54, 1.807) is 6.08 Å². The molecule has 3 rings (SSSR count). The van der Waals surface area contributed by atoms with Crippen molar-refractivity contribution in [3.8, 4) is 11.4 Å². The normalized spacial score (nSPS) is 11.4. The average Bonchev–Trinajstić information content (AvgIpc) is 3.22. The molecule has 0 saturated heterocycles. The van der Waals surface area contributed by atoms with Crippen LogP contribution in [0.3, 0.4) is 0 Å². The Morgan fingerprint density at radius 1 is 1.17 bits per heavy atom. The van der Waals surface area contributed by atoms with Gasteiger partial charge in [0.05, 0.1) is 22.0 Å². The van der Waals surface area contributed by atoms with Crippen LogP contribution >= 0.6 is 23.4 Å². The Morgan fingerprint density at radius 3 is 2.46 bits per heavy atom. The largest absolute Gasteiger partial charge is 0.416 e. The summed E-state index contributed by atoms with van der Waals surface area (Å²) >= 11 is 7.08. The van der Waals surface area contributed by atoms with Crippen LogP contribution in [0.4, 0.5) is 24.5 Å². The van der Waals surface area contributed by atoms with Crippen LogP contribution in [0.1, 0.15) is 19.4 Å². The minimum absolute atomic E-state index is 0.0154. The molecule has 0 aliphatic rings. The number of halogens is 4. The Balaban J connectivity index is 1.74. The van der Waals surface area contributed by atoms with Crippen molar-refractivity contribution >= 4 is 40.6 Å². The zero-order valence-corrected chi connectivity index (χ0v) is 20.8. The first kappa shape index (κ1) is 26.6.